The van der Waals surface area contributed by atoms with E-state index in [4.69, 9.17) is 10.5 Å². The van der Waals surface area contributed by atoms with Gasteiger partial charge in [-0.2, -0.15) is 0 Å². The summed E-state index contributed by atoms with van der Waals surface area (Å²) in [6.45, 7) is 0. The quantitative estimate of drug-likeness (QED) is 0.912. The highest BCUT2D eigenvalue weighted by Crippen LogP contribution is 2.27. The molecule has 0 radical (unpaired) electrons. The maximum Gasteiger partial charge on any atom is 0.128 e. The number of benzene rings is 2. The highest BCUT2D eigenvalue weighted by Gasteiger charge is 2.15. The van der Waals surface area contributed by atoms with Crippen molar-refractivity contribution >= 4 is 15.9 Å². The summed E-state index contributed by atoms with van der Waals surface area (Å²) in [5, 5.41) is 0. The first-order valence-electron chi connectivity index (χ1n) is 6.04. The Hall–Kier alpha value is -1.46. The van der Waals surface area contributed by atoms with Gasteiger partial charge in [0.25, 0.3) is 0 Å². The number of halogens is 3. The largest absolute Gasteiger partial charge is 0.497 e. The van der Waals surface area contributed by atoms with Crippen molar-refractivity contribution in [2.45, 2.75) is 12.5 Å². The summed E-state index contributed by atoms with van der Waals surface area (Å²) in [7, 11) is 1.57. The van der Waals surface area contributed by atoms with Crippen LogP contribution in [0.3, 0.4) is 0 Å². The maximum atomic E-state index is 13.7. The Kier molecular flexibility index (Phi) is 4.73. The predicted octanol–water partition coefficient (Wildman–Crippen LogP) is 3.98. The molecule has 0 spiro atoms. The molecular formula is C15H14BrF2NO. The molecule has 2 N–H and O–H groups in total. The van der Waals surface area contributed by atoms with Crippen molar-refractivity contribution in [2.24, 2.45) is 5.73 Å². The van der Waals surface area contributed by atoms with E-state index >= 15 is 0 Å². The van der Waals surface area contributed by atoms with Gasteiger partial charge >= 0.3 is 0 Å². The summed E-state index contributed by atoms with van der Waals surface area (Å²) in [5.41, 5.74) is 7.03. The Morgan fingerprint density at radius 2 is 1.95 bits per heavy atom. The lowest BCUT2D eigenvalue weighted by Crippen LogP contribution is -2.15. The third-order valence-corrected chi connectivity index (χ3v) is 3.82. The van der Waals surface area contributed by atoms with Gasteiger partial charge in [0.05, 0.1) is 7.11 Å². The zero-order valence-corrected chi connectivity index (χ0v) is 12.5. The van der Waals surface area contributed by atoms with Gasteiger partial charge in [0, 0.05) is 16.1 Å². The predicted molar refractivity (Wildman–Crippen MR) is 77.7 cm³/mol. The van der Waals surface area contributed by atoms with Crippen molar-refractivity contribution in [3.05, 3.63) is 63.6 Å². The van der Waals surface area contributed by atoms with E-state index in [9.17, 15) is 8.78 Å². The second kappa shape index (κ2) is 6.33. The fourth-order valence-corrected chi connectivity index (χ4v) is 2.39. The molecule has 5 heteroatoms. The van der Waals surface area contributed by atoms with E-state index in [0.717, 1.165) is 28.2 Å². The average molecular weight is 342 g/mol. The summed E-state index contributed by atoms with van der Waals surface area (Å²) in [4.78, 5) is 0. The molecule has 0 aliphatic carbocycles. The van der Waals surface area contributed by atoms with Crippen molar-refractivity contribution in [1.82, 2.24) is 0 Å². The zero-order valence-electron chi connectivity index (χ0n) is 10.9. The SMILES string of the molecule is COc1ccc(Br)c(CC(N)c2cc(F)ccc2F)c1. The normalized spacial score (nSPS) is 12.2. The minimum absolute atomic E-state index is 0.166. The third kappa shape index (κ3) is 3.35. The van der Waals surface area contributed by atoms with E-state index in [2.05, 4.69) is 15.9 Å². The van der Waals surface area contributed by atoms with Crippen LogP contribution in [0.15, 0.2) is 40.9 Å². The first-order valence-corrected chi connectivity index (χ1v) is 6.83. The lowest BCUT2D eigenvalue weighted by Gasteiger charge is -2.15. The number of methoxy groups -OCH3 is 1. The van der Waals surface area contributed by atoms with Crippen LogP contribution in [0.25, 0.3) is 0 Å². The molecule has 0 heterocycles. The molecule has 0 amide bonds. The molecule has 0 aromatic heterocycles. The summed E-state index contributed by atoms with van der Waals surface area (Å²) < 4.78 is 32.9. The first kappa shape index (κ1) is 14.9. The van der Waals surface area contributed by atoms with E-state index < -0.39 is 17.7 Å². The Morgan fingerprint density at radius 1 is 1.20 bits per heavy atom. The Labute approximate surface area is 124 Å². The van der Waals surface area contributed by atoms with Crippen molar-refractivity contribution in [1.29, 1.82) is 0 Å². The van der Waals surface area contributed by atoms with E-state index in [1.54, 1.807) is 7.11 Å². The molecule has 0 aliphatic rings. The van der Waals surface area contributed by atoms with Crippen LogP contribution in [0.2, 0.25) is 0 Å². The molecule has 2 nitrogen and oxygen atoms in total. The molecule has 1 atom stereocenters. The van der Waals surface area contributed by atoms with Gasteiger partial charge in [-0.05, 0) is 48.4 Å². The van der Waals surface area contributed by atoms with E-state index in [-0.39, 0.29) is 5.56 Å². The van der Waals surface area contributed by atoms with Crippen LogP contribution in [0.1, 0.15) is 17.2 Å². The Morgan fingerprint density at radius 3 is 2.65 bits per heavy atom. The summed E-state index contributed by atoms with van der Waals surface area (Å²) >= 11 is 3.41. The van der Waals surface area contributed by atoms with Crippen molar-refractivity contribution in [3.8, 4) is 5.75 Å². The first-order chi connectivity index (χ1) is 9.51. The van der Waals surface area contributed by atoms with Crippen LogP contribution in [0.5, 0.6) is 5.75 Å². The molecule has 1 unspecified atom stereocenters. The molecule has 0 fully saturated rings. The number of hydrogen-bond acceptors (Lipinski definition) is 2. The summed E-state index contributed by atoms with van der Waals surface area (Å²) in [6.07, 6.45) is 0.373. The maximum absolute atomic E-state index is 13.7. The summed E-state index contributed by atoms with van der Waals surface area (Å²) in [6, 6.07) is 8.13. The van der Waals surface area contributed by atoms with Crippen molar-refractivity contribution in [3.63, 3.8) is 0 Å². The van der Waals surface area contributed by atoms with Gasteiger partial charge in [-0.25, -0.2) is 8.78 Å². The van der Waals surface area contributed by atoms with Crippen LogP contribution in [-0.2, 0) is 6.42 Å². The standard InChI is InChI=1S/C15H14BrF2NO/c1-20-11-3-4-13(16)9(6-11)7-15(19)12-8-10(17)2-5-14(12)18/h2-6,8,15H,7,19H2,1H3. The van der Waals surface area contributed by atoms with Crippen LogP contribution >= 0.6 is 15.9 Å². The minimum Gasteiger partial charge on any atom is -0.497 e. The van der Waals surface area contributed by atoms with Gasteiger partial charge in [-0.15, -0.1) is 0 Å². The smallest absolute Gasteiger partial charge is 0.128 e. The molecule has 0 aliphatic heterocycles. The molecule has 0 saturated heterocycles. The topological polar surface area (TPSA) is 35.2 Å². The molecule has 2 aromatic rings. The Balaban J connectivity index is 2.27. The van der Waals surface area contributed by atoms with Crippen molar-refractivity contribution in [2.75, 3.05) is 7.11 Å². The summed E-state index contributed by atoms with van der Waals surface area (Å²) in [5.74, 6) is -0.311. The van der Waals surface area contributed by atoms with E-state index in [1.807, 2.05) is 18.2 Å². The highest BCUT2D eigenvalue weighted by molar-refractivity contribution is 9.10. The second-order valence-electron chi connectivity index (χ2n) is 4.43. The number of rotatable bonds is 4. The number of nitrogens with two attached hydrogens (primary N) is 1. The Bertz CT molecular complexity index is 619. The lowest BCUT2D eigenvalue weighted by molar-refractivity contribution is 0.414. The van der Waals surface area contributed by atoms with Gasteiger partial charge in [0.1, 0.15) is 17.4 Å². The van der Waals surface area contributed by atoms with Crippen molar-refractivity contribution < 1.29 is 13.5 Å². The van der Waals surface area contributed by atoms with Gasteiger partial charge < -0.3 is 10.5 Å². The van der Waals surface area contributed by atoms with Gasteiger partial charge in [0.2, 0.25) is 0 Å². The van der Waals surface area contributed by atoms with Gasteiger partial charge in [-0.1, -0.05) is 15.9 Å². The highest BCUT2D eigenvalue weighted by atomic mass is 79.9. The molecule has 2 aromatic carbocycles. The lowest BCUT2D eigenvalue weighted by atomic mass is 9.99. The average Bonchev–Trinajstić information content (AvgIpc) is 2.43. The molecule has 0 bridgehead atoms. The van der Waals surface area contributed by atoms with E-state index in [0.29, 0.717) is 12.2 Å². The van der Waals surface area contributed by atoms with Crippen LogP contribution in [0.4, 0.5) is 8.78 Å². The van der Waals surface area contributed by atoms with E-state index in [1.165, 1.54) is 0 Å². The molecule has 20 heavy (non-hydrogen) atoms. The number of hydrogen-bond donors (Lipinski definition) is 1. The minimum atomic E-state index is -0.630. The molecular weight excluding hydrogens is 328 g/mol. The van der Waals surface area contributed by atoms with Crippen LogP contribution < -0.4 is 10.5 Å². The number of ether oxygens (including phenoxy) is 1. The molecule has 0 saturated carbocycles. The van der Waals surface area contributed by atoms with Crippen LogP contribution in [0, 0.1) is 11.6 Å². The zero-order chi connectivity index (χ0) is 14.7. The molecule has 2 rings (SSSR count). The van der Waals surface area contributed by atoms with Gasteiger partial charge in [-0.3, -0.25) is 0 Å². The van der Waals surface area contributed by atoms with Crippen LogP contribution in [-0.4, -0.2) is 7.11 Å². The van der Waals surface area contributed by atoms with Gasteiger partial charge in [0.15, 0.2) is 0 Å². The second-order valence-corrected chi connectivity index (χ2v) is 5.29. The fourth-order valence-electron chi connectivity index (χ4n) is 1.98. The monoisotopic (exact) mass is 341 g/mol. The molecule has 106 valence electrons. The fraction of sp³-hybridized carbons (Fsp3) is 0.200. The third-order valence-electron chi connectivity index (χ3n) is 3.05.